The molecule has 0 saturated heterocycles. The summed E-state index contributed by atoms with van der Waals surface area (Å²) in [5.74, 6) is -1.42. The second kappa shape index (κ2) is 8.53. The molecule has 8 heteroatoms. The largest absolute Gasteiger partial charge is 0.452 e. The van der Waals surface area contributed by atoms with E-state index >= 15 is 0 Å². The summed E-state index contributed by atoms with van der Waals surface area (Å²) in [5.41, 5.74) is 6.82. The smallest absolute Gasteiger partial charge is 0.338 e. The predicted molar refractivity (Wildman–Crippen MR) is 105 cm³/mol. The molecule has 2 aromatic carbocycles. The Hall–Kier alpha value is -2.71. The highest BCUT2D eigenvalue weighted by molar-refractivity contribution is 7.89. The van der Waals surface area contributed by atoms with Crippen LogP contribution in [0.3, 0.4) is 0 Å². The molecule has 0 aliphatic rings. The van der Waals surface area contributed by atoms with Crippen LogP contribution in [0.25, 0.3) is 0 Å². The van der Waals surface area contributed by atoms with E-state index in [-0.39, 0.29) is 22.4 Å². The highest BCUT2D eigenvalue weighted by Crippen LogP contribution is 2.23. The summed E-state index contributed by atoms with van der Waals surface area (Å²) in [6.45, 7) is 5.75. The van der Waals surface area contributed by atoms with Crippen LogP contribution in [-0.4, -0.2) is 26.9 Å². The molecule has 0 heterocycles. The fraction of sp³-hybridized carbons (Fsp3) is 0.300. The van der Waals surface area contributed by atoms with E-state index in [9.17, 15) is 18.0 Å². The summed E-state index contributed by atoms with van der Waals surface area (Å²) in [6, 6.07) is 13.0. The first-order chi connectivity index (χ1) is 13.0. The van der Waals surface area contributed by atoms with Crippen LogP contribution in [0, 0.1) is 0 Å². The van der Waals surface area contributed by atoms with E-state index in [1.807, 2.05) is 0 Å². The number of carbonyl (C=O) groups is 2. The molecule has 0 aliphatic heterocycles. The first-order valence-electron chi connectivity index (χ1n) is 8.63. The number of nitrogens with one attached hydrogen (secondary N) is 1. The second-order valence-corrected chi connectivity index (χ2v) is 9.11. The van der Waals surface area contributed by atoms with Crippen LogP contribution in [0.5, 0.6) is 0 Å². The van der Waals surface area contributed by atoms with E-state index in [1.165, 1.54) is 12.1 Å². The van der Waals surface area contributed by atoms with Crippen molar-refractivity contribution in [3.05, 3.63) is 65.2 Å². The molecule has 0 saturated carbocycles. The minimum Gasteiger partial charge on any atom is -0.452 e. The molecule has 0 radical (unpaired) electrons. The van der Waals surface area contributed by atoms with Crippen LogP contribution in [0.4, 0.5) is 0 Å². The molecule has 2 aromatic rings. The van der Waals surface area contributed by atoms with E-state index in [2.05, 4.69) is 25.5 Å². The van der Waals surface area contributed by atoms with Crippen molar-refractivity contribution in [2.45, 2.75) is 37.6 Å². The van der Waals surface area contributed by atoms with Crippen LogP contribution in [-0.2, 0) is 31.5 Å². The summed E-state index contributed by atoms with van der Waals surface area (Å²) in [4.78, 5) is 22.5. The van der Waals surface area contributed by atoms with Gasteiger partial charge in [0.15, 0.2) is 6.61 Å². The summed E-state index contributed by atoms with van der Waals surface area (Å²) in [6.07, 6.45) is 0. The van der Waals surface area contributed by atoms with E-state index < -0.39 is 28.5 Å². The van der Waals surface area contributed by atoms with Gasteiger partial charge in [-0.1, -0.05) is 45.0 Å². The van der Waals surface area contributed by atoms with E-state index in [1.54, 1.807) is 36.4 Å². The number of rotatable bonds is 7. The first kappa shape index (κ1) is 21.6. The van der Waals surface area contributed by atoms with Gasteiger partial charge in [-0.3, -0.25) is 4.79 Å². The maximum absolute atomic E-state index is 12.5. The summed E-state index contributed by atoms with van der Waals surface area (Å²) >= 11 is 0. The van der Waals surface area contributed by atoms with Crippen molar-refractivity contribution < 1.29 is 22.7 Å². The molecule has 7 nitrogen and oxygen atoms in total. The summed E-state index contributed by atoms with van der Waals surface area (Å²) in [5, 5.41) is 0. The number of hydrogen-bond donors (Lipinski definition) is 2. The van der Waals surface area contributed by atoms with Crippen LogP contribution < -0.4 is 10.5 Å². The Bertz CT molecular complexity index is 944. The zero-order valence-electron chi connectivity index (χ0n) is 16.1. The molecular weight excluding hydrogens is 380 g/mol. The molecule has 1 amide bonds. The summed E-state index contributed by atoms with van der Waals surface area (Å²) < 4.78 is 32.2. The van der Waals surface area contributed by atoms with E-state index in [0.29, 0.717) is 5.56 Å². The van der Waals surface area contributed by atoms with Gasteiger partial charge in [-0.25, -0.2) is 17.9 Å². The Balaban J connectivity index is 2.00. The van der Waals surface area contributed by atoms with Gasteiger partial charge < -0.3 is 10.5 Å². The fourth-order valence-corrected chi connectivity index (χ4v) is 3.39. The van der Waals surface area contributed by atoms with Gasteiger partial charge in [-0.15, -0.1) is 0 Å². The number of sulfonamides is 1. The predicted octanol–water partition coefficient (Wildman–Crippen LogP) is 2.10. The van der Waals surface area contributed by atoms with E-state index in [0.717, 1.165) is 5.56 Å². The number of amides is 1. The number of primary amides is 1. The topological polar surface area (TPSA) is 116 Å². The van der Waals surface area contributed by atoms with Crippen LogP contribution in [0.15, 0.2) is 53.4 Å². The Morgan fingerprint density at radius 1 is 1.00 bits per heavy atom. The maximum atomic E-state index is 12.5. The van der Waals surface area contributed by atoms with Gasteiger partial charge in [0, 0.05) is 6.54 Å². The zero-order chi connectivity index (χ0) is 20.9. The van der Waals surface area contributed by atoms with Crippen molar-refractivity contribution in [2.75, 3.05) is 6.61 Å². The van der Waals surface area contributed by atoms with Crippen LogP contribution >= 0.6 is 0 Å². The van der Waals surface area contributed by atoms with Gasteiger partial charge in [0.25, 0.3) is 5.91 Å². The molecule has 3 N–H and O–H groups in total. The third kappa shape index (κ3) is 5.90. The molecule has 0 fully saturated rings. The Morgan fingerprint density at radius 2 is 1.57 bits per heavy atom. The average Bonchev–Trinajstić information content (AvgIpc) is 2.64. The lowest BCUT2D eigenvalue weighted by Crippen LogP contribution is -2.23. The van der Waals surface area contributed by atoms with Crippen molar-refractivity contribution in [1.82, 2.24) is 4.72 Å². The molecule has 28 heavy (non-hydrogen) atoms. The van der Waals surface area contributed by atoms with Gasteiger partial charge in [0.1, 0.15) is 0 Å². The van der Waals surface area contributed by atoms with Crippen molar-refractivity contribution in [2.24, 2.45) is 5.73 Å². The normalized spacial score (nSPS) is 11.8. The molecule has 2 rings (SSSR count). The molecule has 0 aliphatic carbocycles. The van der Waals surface area contributed by atoms with Crippen LogP contribution in [0.1, 0.15) is 42.3 Å². The highest BCUT2D eigenvalue weighted by Gasteiger charge is 2.17. The Kier molecular flexibility index (Phi) is 6.58. The second-order valence-electron chi connectivity index (χ2n) is 7.34. The minimum atomic E-state index is -3.66. The Labute approximate surface area is 164 Å². The fourth-order valence-electron chi connectivity index (χ4n) is 2.37. The number of hydrogen-bond acceptors (Lipinski definition) is 5. The maximum Gasteiger partial charge on any atom is 0.338 e. The Morgan fingerprint density at radius 3 is 2.07 bits per heavy atom. The number of ether oxygens (including phenoxy) is 1. The molecular formula is C20H24N2O5S. The van der Waals surface area contributed by atoms with Gasteiger partial charge in [0.2, 0.25) is 10.0 Å². The molecule has 0 atom stereocenters. The zero-order valence-corrected chi connectivity index (χ0v) is 16.9. The van der Waals surface area contributed by atoms with E-state index in [4.69, 9.17) is 10.5 Å². The lowest BCUT2D eigenvalue weighted by Gasteiger charge is -2.19. The number of esters is 1. The molecule has 0 spiro atoms. The van der Waals surface area contributed by atoms with Gasteiger partial charge in [-0.2, -0.15) is 0 Å². The number of carbonyl (C=O) groups excluding carboxylic acids is 2. The van der Waals surface area contributed by atoms with Crippen LogP contribution in [0.2, 0.25) is 0 Å². The van der Waals surface area contributed by atoms with Gasteiger partial charge in [0.05, 0.1) is 10.5 Å². The average molecular weight is 404 g/mol. The third-order valence-corrected chi connectivity index (χ3v) is 5.45. The lowest BCUT2D eigenvalue weighted by molar-refractivity contribution is -0.121. The molecule has 150 valence electrons. The lowest BCUT2D eigenvalue weighted by atomic mass is 9.87. The van der Waals surface area contributed by atoms with Gasteiger partial charge >= 0.3 is 5.97 Å². The molecule has 0 bridgehead atoms. The van der Waals surface area contributed by atoms with Gasteiger partial charge in [-0.05, 0) is 40.8 Å². The monoisotopic (exact) mass is 404 g/mol. The molecule has 0 aromatic heterocycles. The van der Waals surface area contributed by atoms with Crippen molar-refractivity contribution in [3.63, 3.8) is 0 Å². The number of nitrogens with two attached hydrogens (primary N) is 1. The SMILES string of the molecule is CC(C)(C)c1ccc(S(=O)(=O)NCc2ccc(C(=O)OCC(N)=O)cc2)cc1. The first-order valence-corrected chi connectivity index (χ1v) is 10.1. The number of benzene rings is 2. The molecule has 0 unspecified atom stereocenters. The van der Waals surface area contributed by atoms with Crippen molar-refractivity contribution in [3.8, 4) is 0 Å². The quantitative estimate of drug-likeness (QED) is 0.686. The van der Waals surface area contributed by atoms with Crippen molar-refractivity contribution >= 4 is 21.9 Å². The third-order valence-electron chi connectivity index (χ3n) is 4.03. The standard InChI is InChI=1S/C20H24N2O5S/c1-20(2,3)16-8-10-17(11-9-16)28(25,26)22-12-14-4-6-15(7-5-14)19(24)27-13-18(21)23/h4-11,22H,12-13H2,1-3H3,(H2,21,23). The minimum absolute atomic E-state index is 0.0595. The summed E-state index contributed by atoms with van der Waals surface area (Å²) in [7, 11) is -3.66. The van der Waals surface area contributed by atoms with Crippen molar-refractivity contribution in [1.29, 1.82) is 0 Å². The highest BCUT2D eigenvalue weighted by atomic mass is 32.2.